The molecule has 1 aliphatic carbocycles. The second-order valence-electron chi connectivity index (χ2n) is 7.07. The average Bonchev–Trinajstić information content (AvgIpc) is 3.10. The molecule has 0 aliphatic heterocycles. The second kappa shape index (κ2) is 8.48. The zero-order valence-corrected chi connectivity index (χ0v) is 16.0. The van der Waals surface area contributed by atoms with Gasteiger partial charge in [-0.05, 0) is 22.3 Å². The zero-order valence-electron chi connectivity index (χ0n) is 16.0. The van der Waals surface area contributed by atoms with Gasteiger partial charge in [0.1, 0.15) is 18.8 Å². The Bertz CT molecular complexity index is 1050. The maximum absolute atomic E-state index is 12.1. The summed E-state index contributed by atoms with van der Waals surface area (Å²) in [6.45, 7) is -0.0701. The summed E-state index contributed by atoms with van der Waals surface area (Å²) >= 11 is 0. The normalized spacial score (nSPS) is 14.5. The first kappa shape index (κ1) is 19.8. The first-order valence-electron chi connectivity index (χ1n) is 9.54. The number of hydrogen-bond donors (Lipinski definition) is 4. The number of amides is 1. The first-order valence-corrected chi connectivity index (χ1v) is 9.54. The van der Waals surface area contributed by atoms with Crippen molar-refractivity contribution in [1.82, 2.24) is 15.3 Å². The van der Waals surface area contributed by atoms with Crippen molar-refractivity contribution >= 4 is 6.09 Å². The Morgan fingerprint density at radius 1 is 1.10 bits per heavy atom. The number of rotatable bonds is 6. The molecule has 2 unspecified atom stereocenters. The second-order valence-corrected chi connectivity index (χ2v) is 7.07. The van der Waals surface area contributed by atoms with Gasteiger partial charge in [-0.15, -0.1) is 0 Å². The van der Waals surface area contributed by atoms with E-state index in [-0.39, 0.29) is 24.6 Å². The molecule has 1 aromatic heterocycles. The highest BCUT2D eigenvalue weighted by Gasteiger charge is 2.29. The fraction of sp³-hybridized carbons (Fsp3) is 0.227. The molecule has 0 saturated heterocycles. The zero-order chi connectivity index (χ0) is 21.1. The monoisotopic (exact) mass is 407 g/mol. The van der Waals surface area contributed by atoms with Gasteiger partial charge in [0.2, 0.25) is 0 Å². The number of aromatic nitrogens is 2. The largest absolute Gasteiger partial charge is 0.449 e. The van der Waals surface area contributed by atoms with E-state index < -0.39 is 24.0 Å². The van der Waals surface area contributed by atoms with Crippen molar-refractivity contribution in [3.8, 4) is 11.1 Å². The molecule has 1 heterocycles. The standard InChI is InChI=1S/C22H21N3O5/c26-19(20(27)13-9-23-21(28)24-10-13)11-25-22(29)30-12-18-16-7-3-1-5-14(16)15-6-2-4-8-17(15)18/h1-10,18-20,26-27H,11-12H2,(H,25,29)(H,23,24,28). The van der Waals surface area contributed by atoms with Crippen LogP contribution in [0.25, 0.3) is 11.1 Å². The van der Waals surface area contributed by atoms with Gasteiger partial charge in [-0.3, -0.25) is 0 Å². The fourth-order valence-corrected chi connectivity index (χ4v) is 3.69. The number of H-pyrrole nitrogens is 1. The Kier molecular flexibility index (Phi) is 5.60. The summed E-state index contributed by atoms with van der Waals surface area (Å²) in [6, 6.07) is 16.0. The van der Waals surface area contributed by atoms with E-state index in [1.54, 1.807) is 0 Å². The summed E-state index contributed by atoms with van der Waals surface area (Å²) in [6.07, 6.45) is -0.875. The average molecular weight is 407 g/mol. The topological polar surface area (TPSA) is 125 Å². The van der Waals surface area contributed by atoms with Crippen molar-refractivity contribution < 1.29 is 19.7 Å². The van der Waals surface area contributed by atoms with E-state index >= 15 is 0 Å². The summed E-state index contributed by atoms with van der Waals surface area (Å²) in [7, 11) is 0. The molecule has 8 nitrogen and oxygen atoms in total. The van der Waals surface area contributed by atoms with Crippen molar-refractivity contribution in [2.75, 3.05) is 13.2 Å². The van der Waals surface area contributed by atoms with E-state index in [1.165, 1.54) is 12.4 Å². The Balaban J connectivity index is 1.34. The van der Waals surface area contributed by atoms with Crippen molar-refractivity contribution in [3.05, 3.63) is 88.1 Å². The lowest BCUT2D eigenvalue weighted by Gasteiger charge is -2.19. The number of carbonyl (C=O) groups is 1. The number of aromatic amines is 1. The highest BCUT2D eigenvalue weighted by Crippen LogP contribution is 2.44. The van der Waals surface area contributed by atoms with Gasteiger partial charge < -0.3 is 25.3 Å². The molecular formula is C22H21N3O5. The Labute approximate surface area is 172 Å². The van der Waals surface area contributed by atoms with Crippen molar-refractivity contribution in [2.45, 2.75) is 18.1 Å². The molecule has 1 aliphatic rings. The van der Waals surface area contributed by atoms with E-state index in [1.807, 2.05) is 36.4 Å². The number of carbonyl (C=O) groups excluding carboxylic acids is 1. The van der Waals surface area contributed by atoms with Crippen molar-refractivity contribution in [2.24, 2.45) is 0 Å². The van der Waals surface area contributed by atoms with Crippen LogP contribution in [0.4, 0.5) is 4.79 Å². The lowest BCUT2D eigenvalue weighted by molar-refractivity contribution is 0.0181. The van der Waals surface area contributed by atoms with Gasteiger partial charge in [0.15, 0.2) is 0 Å². The highest BCUT2D eigenvalue weighted by molar-refractivity contribution is 5.79. The van der Waals surface area contributed by atoms with E-state index in [9.17, 15) is 19.8 Å². The Morgan fingerprint density at radius 3 is 2.33 bits per heavy atom. The van der Waals surface area contributed by atoms with Crippen LogP contribution >= 0.6 is 0 Å². The summed E-state index contributed by atoms with van der Waals surface area (Å²) in [4.78, 5) is 28.9. The third-order valence-corrected chi connectivity index (χ3v) is 5.20. The van der Waals surface area contributed by atoms with E-state index in [2.05, 4.69) is 27.4 Å². The molecule has 1 amide bonds. The number of benzene rings is 2. The van der Waals surface area contributed by atoms with Gasteiger partial charge in [-0.25, -0.2) is 14.6 Å². The minimum atomic E-state index is -1.32. The van der Waals surface area contributed by atoms with Crippen molar-refractivity contribution in [1.29, 1.82) is 0 Å². The van der Waals surface area contributed by atoms with Crippen LogP contribution in [0.3, 0.4) is 0 Å². The summed E-state index contributed by atoms with van der Waals surface area (Å²) in [5.74, 6) is -0.0640. The van der Waals surface area contributed by atoms with Crippen LogP contribution in [0.2, 0.25) is 0 Å². The molecule has 0 radical (unpaired) electrons. The van der Waals surface area contributed by atoms with Crippen LogP contribution in [-0.4, -0.2) is 45.5 Å². The number of ether oxygens (including phenoxy) is 1. The first-order chi connectivity index (χ1) is 14.5. The van der Waals surface area contributed by atoms with Gasteiger partial charge in [0.25, 0.3) is 0 Å². The van der Waals surface area contributed by atoms with E-state index in [0.717, 1.165) is 22.3 Å². The van der Waals surface area contributed by atoms with E-state index in [4.69, 9.17) is 4.74 Å². The van der Waals surface area contributed by atoms with Gasteiger partial charge in [0, 0.05) is 30.4 Å². The lowest BCUT2D eigenvalue weighted by atomic mass is 9.98. The molecule has 2 atom stereocenters. The van der Waals surface area contributed by atoms with E-state index in [0.29, 0.717) is 0 Å². The third kappa shape index (κ3) is 3.96. The number of alkyl carbamates (subject to hydrolysis) is 1. The molecule has 8 heteroatoms. The van der Waals surface area contributed by atoms with Gasteiger partial charge >= 0.3 is 11.8 Å². The van der Waals surface area contributed by atoms with Crippen LogP contribution < -0.4 is 11.0 Å². The summed E-state index contributed by atoms with van der Waals surface area (Å²) in [5, 5.41) is 22.7. The van der Waals surface area contributed by atoms with Crippen LogP contribution in [0.15, 0.2) is 65.7 Å². The lowest BCUT2D eigenvalue weighted by Crippen LogP contribution is -2.36. The summed E-state index contributed by atoms with van der Waals surface area (Å²) in [5.41, 5.74) is 4.15. The molecule has 0 spiro atoms. The molecule has 0 saturated carbocycles. The number of hydrogen-bond acceptors (Lipinski definition) is 6. The quantitative estimate of drug-likeness (QED) is 0.493. The molecule has 3 aromatic rings. The van der Waals surface area contributed by atoms with Crippen LogP contribution in [0, 0.1) is 0 Å². The molecule has 4 N–H and O–H groups in total. The van der Waals surface area contributed by atoms with Crippen LogP contribution in [0.5, 0.6) is 0 Å². The molecule has 4 rings (SSSR count). The minimum Gasteiger partial charge on any atom is -0.449 e. The minimum absolute atomic E-state index is 0.0640. The molecular weight excluding hydrogens is 386 g/mol. The Hall–Kier alpha value is -3.49. The van der Waals surface area contributed by atoms with Crippen LogP contribution in [-0.2, 0) is 4.74 Å². The third-order valence-electron chi connectivity index (χ3n) is 5.20. The number of nitrogens with one attached hydrogen (secondary N) is 2. The molecule has 30 heavy (non-hydrogen) atoms. The molecule has 154 valence electrons. The molecule has 0 bridgehead atoms. The van der Waals surface area contributed by atoms with Gasteiger partial charge in [0.05, 0.1) is 0 Å². The maximum atomic E-state index is 12.1. The van der Waals surface area contributed by atoms with Gasteiger partial charge in [-0.2, -0.15) is 0 Å². The highest BCUT2D eigenvalue weighted by atomic mass is 16.5. The number of aliphatic hydroxyl groups is 2. The molecule has 2 aromatic carbocycles. The summed E-state index contributed by atoms with van der Waals surface area (Å²) < 4.78 is 5.39. The Morgan fingerprint density at radius 2 is 1.73 bits per heavy atom. The van der Waals surface area contributed by atoms with Gasteiger partial charge in [-0.1, -0.05) is 48.5 Å². The molecule has 0 fully saturated rings. The predicted molar refractivity (Wildman–Crippen MR) is 109 cm³/mol. The number of nitrogens with zero attached hydrogens (tertiary/aromatic N) is 1. The van der Waals surface area contributed by atoms with Crippen LogP contribution in [0.1, 0.15) is 28.7 Å². The SMILES string of the molecule is O=C(NCC(O)C(O)c1cnc(=O)[nH]c1)OCC1c2ccccc2-c2ccccc21. The number of fused-ring (bicyclic) bond motifs is 3. The number of aliphatic hydroxyl groups excluding tert-OH is 2. The van der Waals surface area contributed by atoms with Crippen molar-refractivity contribution in [3.63, 3.8) is 0 Å². The smallest absolute Gasteiger partial charge is 0.407 e. The maximum Gasteiger partial charge on any atom is 0.407 e. The fourth-order valence-electron chi connectivity index (χ4n) is 3.69. The predicted octanol–water partition coefficient (Wildman–Crippen LogP) is 1.70.